The molecular weight excluding hydrogens is 475 g/mol. The molecule has 35 heavy (non-hydrogen) atoms. The Morgan fingerprint density at radius 2 is 2.00 bits per heavy atom. The van der Waals surface area contributed by atoms with Crippen LogP contribution in [-0.2, 0) is 6.42 Å². The van der Waals surface area contributed by atoms with Crippen LogP contribution in [0.3, 0.4) is 0 Å². The fourth-order valence-corrected chi connectivity index (χ4v) is 4.56. The summed E-state index contributed by atoms with van der Waals surface area (Å²) in [7, 11) is 0. The largest absolute Gasteiger partial charge is 0.384 e. The van der Waals surface area contributed by atoms with Gasteiger partial charge in [-0.3, -0.25) is 4.79 Å². The van der Waals surface area contributed by atoms with E-state index in [0.29, 0.717) is 34.9 Å². The third-order valence-corrected chi connectivity index (χ3v) is 6.18. The first kappa shape index (κ1) is 21.1. The molecule has 0 unspecified atom stereocenters. The zero-order chi connectivity index (χ0) is 24.1. The molecule has 1 aromatic carbocycles. The predicted molar refractivity (Wildman–Crippen MR) is 124 cm³/mol. The first-order valence-corrected chi connectivity index (χ1v) is 11.0. The average molecular weight is 491 g/mol. The monoisotopic (exact) mass is 490 g/mol. The van der Waals surface area contributed by atoms with Gasteiger partial charge in [0.2, 0.25) is 5.95 Å². The first-order chi connectivity index (χ1) is 17.0. The van der Waals surface area contributed by atoms with Gasteiger partial charge in [-0.1, -0.05) is 11.6 Å². The van der Waals surface area contributed by atoms with Gasteiger partial charge in [0.1, 0.15) is 12.1 Å². The molecule has 5 aromatic rings. The second-order valence-electron chi connectivity index (χ2n) is 8.05. The van der Waals surface area contributed by atoms with Crippen LogP contribution in [0.25, 0.3) is 28.2 Å². The predicted octanol–water partition coefficient (Wildman–Crippen LogP) is 2.58. The van der Waals surface area contributed by atoms with Crippen LogP contribution >= 0.6 is 11.6 Å². The molecule has 0 radical (unpaired) electrons. The molecule has 1 aliphatic heterocycles. The van der Waals surface area contributed by atoms with Crippen LogP contribution in [0.2, 0.25) is 5.02 Å². The highest BCUT2D eigenvalue weighted by Gasteiger charge is 2.29. The number of aromatic amines is 1. The maximum absolute atomic E-state index is 14.2. The lowest BCUT2D eigenvalue weighted by Gasteiger charge is -2.14. The molecule has 0 amide bonds. The molecule has 0 bridgehead atoms. The SMILES string of the molecule is Nc1ccc(-c2nnc([C@@H]3CCc4cc(-c5cc(Cl)ccc5-n5cnnn5)cc(=O)n43)[nH]2)c(F)n1. The van der Waals surface area contributed by atoms with Gasteiger partial charge in [-0.25, -0.2) is 4.98 Å². The molecule has 11 nitrogen and oxygen atoms in total. The minimum Gasteiger partial charge on any atom is -0.384 e. The highest BCUT2D eigenvalue weighted by atomic mass is 35.5. The maximum Gasteiger partial charge on any atom is 0.252 e. The molecule has 1 atom stereocenters. The van der Waals surface area contributed by atoms with E-state index in [2.05, 4.69) is 35.7 Å². The van der Waals surface area contributed by atoms with E-state index in [4.69, 9.17) is 17.3 Å². The fraction of sp³-hybridized carbons (Fsp3) is 0.136. The molecule has 0 aliphatic carbocycles. The smallest absolute Gasteiger partial charge is 0.252 e. The quantitative estimate of drug-likeness (QED) is 0.365. The lowest BCUT2D eigenvalue weighted by atomic mass is 10.0. The minimum atomic E-state index is -0.749. The number of hydrogen-bond donors (Lipinski definition) is 2. The van der Waals surface area contributed by atoms with Gasteiger partial charge < -0.3 is 15.3 Å². The van der Waals surface area contributed by atoms with Crippen LogP contribution in [0.5, 0.6) is 0 Å². The summed E-state index contributed by atoms with van der Waals surface area (Å²) in [6.07, 6.45) is 2.75. The Morgan fingerprint density at radius 3 is 2.80 bits per heavy atom. The molecule has 0 saturated heterocycles. The summed E-state index contributed by atoms with van der Waals surface area (Å²) >= 11 is 6.26. The van der Waals surface area contributed by atoms with Crippen molar-refractivity contribution in [2.45, 2.75) is 18.9 Å². The Kier molecular flexibility index (Phi) is 4.88. The molecule has 3 N–H and O–H groups in total. The highest BCUT2D eigenvalue weighted by molar-refractivity contribution is 6.31. The Bertz CT molecular complexity index is 1630. The van der Waals surface area contributed by atoms with E-state index < -0.39 is 5.95 Å². The van der Waals surface area contributed by atoms with Crippen LogP contribution in [0.15, 0.2) is 53.6 Å². The summed E-state index contributed by atoms with van der Waals surface area (Å²) in [5, 5.41) is 20.1. The first-order valence-electron chi connectivity index (χ1n) is 10.6. The number of hydrogen-bond acceptors (Lipinski definition) is 8. The third-order valence-electron chi connectivity index (χ3n) is 5.94. The van der Waals surface area contributed by atoms with Crippen molar-refractivity contribution in [3.63, 3.8) is 0 Å². The number of rotatable bonds is 4. The summed E-state index contributed by atoms with van der Waals surface area (Å²) in [5.41, 5.74) is 8.41. The number of nitrogens with two attached hydrogens (primary N) is 1. The minimum absolute atomic E-state index is 0.0704. The molecular formula is C22H16ClFN10O. The van der Waals surface area contributed by atoms with Crippen LogP contribution in [0.4, 0.5) is 10.2 Å². The van der Waals surface area contributed by atoms with Gasteiger partial charge in [-0.15, -0.1) is 15.3 Å². The van der Waals surface area contributed by atoms with Crippen LogP contribution < -0.4 is 11.3 Å². The number of nitrogens with one attached hydrogen (secondary N) is 1. The van der Waals surface area contributed by atoms with Gasteiger partial charge in [0.05, 0.1) is 17.3 Å². The number of aryl methyl sites for hydroxylation is 1. The van der Waals surface area contributed by atoms with Crippen LogP contribution in [0.1, 0.15) is 24.0 Å². The van der Waals surface area contributed by atoms with Crippen molar-refractivity contribution in [2.75, 3.05) is 5.73 Å². The summed E-state index contributed by atoms with van der Waals surface area (Å²) in [6.45, 7) is 0. The Balaban J connectivity index is 1.39. The third kappa shape index (κ3) is 3.64. The van der Waals surface area contributed by atoms with E-state index in [1.165, 1.54) is 23.1 Å². The van der Waals surface area contributed by atoms with Crippen molar-refractivity contribution < 1.29 is 4.39 Å². The molecule has 13 heteroatoms. The lowest BCUT2D eigenvalue weighted by molar-refractivity contribution is 0.568. The lowest BCUT2D eigenvalue weighted by Crippen LogP contribution is -2.24. The van der Waals surface area contributed by atoms with Crippen molar-refractivity contribution >= 4 is 17.4 Å². The van der Waals surface area contributed by atoms with Gasteiger partial charge in [0.25, 0.3) is 5.56 Å². The van der Waals surface area contributed by atoms with E-state index >= 15 is 0 Å². The number of halogens is 2. The molecule has 6 rings (SSSR count). The van der Waals surface area contributed by atoms with Crippen molar-refractivity contribution in [2.24, 2.45) is 0 Å². The number of nitrogen functional groups attached to an aromatic ring is 1. The topological polar surface area (TPSA) is 146 Å². The molecule has 0 fully saturated rings. The Morgan fingerprint density at radius 1 is 1.11 bits per heavy atom. The molecule has 4 aromatic heterocycles. The van der Waals surface area contributed by atoms with E-state index in [1.54, 1.807) is 28.8 Å². The van der Waals surface area contributed by atoms with Gasteiger partial charge in [-0.2, -0.15) is 9.07 Å². The van der Waals surface area contributed by atoms with E-state index in [0.717, 1.165) is 11.3 Å². The second-order valence-corrected chi connectivity index (χ2v) is 8.48. The number of nitrogens with zero attached hydrogens (tertiary/aromatic N) is 8. The molecule has 174 valence electrons. The van der Waals surface area contributed by atoms with Gasteiger partial charge >= 0.3 is 0 Å². The summed E-state index contributed by atoms with van der Waals surface area (Å²) in [5.74, 6) is -0.00247. The zero-order valence-electron chi connectivity index (χ0n) is 17.9. The normalized spacial score (nSPS) is 14.9. The van der Waals surface area contributed by atoms with Crippen molar-refractivity contribution in [3.05, 3.63) is 81.6 Å². The summed E-state index contributed by atoms with van der Waals surface area (Å²) in [6, 6.07) is 11.4. The number of H-pyrrole nitrogens is 1. The fourth-order valence-electron chi connectivity index (χ4n) is 4.39. The molecule has 0 saturated carbocycles. The number of anilines is 1. The zero-order valence-corrected chi connectivity index (χ0v) is 18.7. The van der Waals surface area contributed by atoms with Crippen molar-refractivity contribution in [3.8, 4) is 28.2 Å². The number of pyridine rings is 2. The van der Waals surface area contributed by atoms with Gasteiger partial charge in [0, 0.05) is 22.3 Å². The van der Waals surface area contributed by atoms with Gasteiger partial charge in [0.15, 0.2) is 11.6 Å². The van der Waals surface area contributed by atoms with Crippen LogP contribution in [0, 0.1) is 5.95 Å². The van der Waals surface area contributed by atoms with E-state index in [-0.39, 0.29) is 28.8 Å². The molecule has 5 heterocycles. The average Bonchev–Trinajstić information content (AvgIpc) is 3.59. The summed E-state index contributed by atoms with van der Waals surface area (Å²) < 4.78 is 17.4. The number of fused-ring (bicyclic) bond motifs is 1. The molecule has 1 aliphatic rings. The van der Waals surface area contributed by atoms with Crippen molar-refractivity contribution in [1.82, 2.24) is 44.9 Å². The maximum atomic E-state index is 14.2. The van der Waals surface area contributed by atoms with E-state index in [9.17, 15) is 9.18 Å². The Hall–Kier alpha value is -4.45. The van der Waals surface area contributed by atoms with E-state index in [1.807, 2.05) is 6.07 Å². The number of tetrazole rings is 1. The Labute approximate surface area is 201 Å². The number of aromatic nitrogens is 9. The standard InChI is InChI=1S/C22H16ClFN10O/c23-12-1-4-16(33-10-26-31-32-33)15(9-12)11-7-13-2-5-17(34(13)19(35)8-11)22-28-21(29-30-22)14-3-6-18(25)27-20(14)24/h1,3-4,6-10,17H,2,5H2,(H2,25,27)(H,28,29,30)/t17-/m0/s1. The van der Waals surface area contributed by atoms with Crippen LogP contribution in [-0.4, -0.2) is 44.9 Å². The van der Waals surface area contributed by atoms with Gasteiger partial charge in [-0.05, 0) is 65.2 Å². The number of benzene rings is 1. The van der Waals surface area contributed by atoms with Crippen molar-refractivity contribution in [1.29, 1.82) is 0 Å². The molecule has 0 spiro atoms. The summed E-state index contributed by atoms with van der Waals surface area (Å²) in [4.78, 5) is 19.9. The second kappa shape index (κ2) is 8.09. The highest BCUT2D eigenvalue weighted by Crippen LogP contribution is 2.34.